The number of allylic oxidation sites excluding steroid dienone is 12. The zero-order valence-corrected chi connectivity index (χ0v) is 35.2. The van der Waals surface area contributed by atoms with Crippen molar-refractivity contribution in [3.63, 3.8) is 0 Å². The summed E-state index contributed by atoms with van der Waals surface area (Å²) in [5.74, 6) is -0.613. The van der Waals surface area contributed by atoms with Crippen LogP contribution in [0.5, 0.6) is 0 Å². The van der Waals surface area contributed by atoms with Gasteiger partial charge in [-0.3, -0.25) is 9.59 Å². The number of aliphatic hydroxyl groups is 1. The molecule has 0 rings (SSSR count). The van der Waals surface area contributed by atoms with Crippen LogP contribution in [0.25, 0.3) is 0 Å². The zero-order chi connectivity index (χ0) is 39.3. The van der Waals surface area contributed by atoms with E-state index in [1.54, 1.807) is 0 Å². The third-order valence-electron chi connectivity index (χ3n) is 9.48. The highest BCUT2D eigenvalue weighted by atomic mass is 16.6. The summed E-state index contributed by atoms with van der Waals surface area (Å²) < 4.78 is 10.6. The van der Waals surface area contributed by atoms with Gasteiger partial charge in [0.1, 0.15) is 6.61 Å². The third kappa shape index (κ3) is 42.1. The second-order valence-corrected chi connectivity index (χ2v) is 14.7. The Hall–Kier alpha value is -2.66. The lowest BCUT2D eigenvalue weighted by molar-refractivity contribution is -0.161. The van der Waals surface area contributed by atoms with Crippen LogP contribution in [-0.4, -0.2) is 36.4 Å². The first kappa shape index (κ1) is 51.3. The van der Waals surface area contributed by atoms with Crippen LogP contribution >= 0.6 is 0 Å². The highest BCUT2D eigenvalue weighted by Crippen LogP contribution is 2.13. The van der Waals surface area contributed by atoms with Gasteiger partial charge in [0.05, 0.1) is 6.61 Å². The minimum Gasteiger partial charge on any atom is -0.462 e. The van der Waals surface area contributed by atoms with Crippen LogP contribution < -0.4 is 0 Å². The molecule has 5 heteroatoms. The predicted octanol–water partition coefficient (Wildman–Crippen LogP) is 14.5. The highest BCUT2D eigenvalue weighted by molar-refractivity contribution is 5.70. The molecule has 0 aromatic rings. The molecule has 0 aliphatic rings. The topological polar surface area (TPSA) is 72.8 Å². The number of carbonyl (C=O) groups is 2. The Labute approximate surface area is 333 Å². The van der Waals surface area contributed by atoms with E-state index >= 15 is 0 Å². The molecule has 1 atom stereocenters. The summed E-state index contributed by atoms with van der Waals surface area (Å²) in [5.41, 5.74) is 0. The van der Waals surface area contributed by atoms with Crippen molar-refractivity contribution < 1.29 is 24.2 Å². The maximum absolute atomic E-state index is 12.2. The number of esters is 2. The van der Waals surface area contributed by atoms with Gasteiger partial charge in [-0.15, -0.1) is 0 Å². The third-order valence-corrected chi connectivity index (χ3v) is 9.48. The molecule has 0 saturated heterocycles. The molecule has 0 aliphatic heterocycles. The van der Waals surface area contributed by atoms with Crippen LogP contribution in [0, 0.1) is 0 Å². The van der Waals surface area contributed by atoms with E-state index in [2.05, 4.69) is 86.8 Å². The van der Waals surface area contributed by atoms with Crippen molar-refractivity contribution in [1.29, 1.82) is 0 Å². The van der Waals surface area contributed by atoms with E-state index in [1.807, 2.05) is 0 Å². The maximum Gasteiger partial charge on any atom is 0.306 e. The molecule has 0 spiro atoms. The Balaban J connectivity index is 3.58. The average molecular weight is 753 g/mol. The van der Waals surface area contributed by atoms with Crippen LogP contribution in [0.1, 0.15) is 206 Å². The van der Waals surface area contributed by atoms with Crippen molar-refractivity contribution in [1.82, 2.24) is 0 Å². The van der Waals surface area contributed by atoms with Gasteiger partial charge in [-0.2, -0.15) is 0 Å². The first-order valence-electron chi connectivity index (χ1n) is 22.5. The second kappa shape index (κ2) is 44.7. The summed E-state index contributed by atoms with van der Waals surface area (Å²) in [6, 6.07) is 0. The monoisotopic (exact) mass is 753 g/mol. The summed E-state index contributed by atoms with van der Waals surface area (Å²) in [7, 11) is 0. The normalized spacial score (nSPS) is 12.9. The van der Waals surface area contributed by atoms with Crippen molar-refractivity contribution in [2.45, 2.75) is 213 Å². The van der Waals surface area contributed by atoms with E-state index in [4.69, 9.17) is 9.47 Å². The first-order chi connectivity index (χ1) is 26.6. The van der Waals surface area contributed by atoms with Gasteiger partial charge in [-0.25, -0.2) is 0 Å². The number of carbonyl (C=O) groups excluding carboxylic acids is 2. The van der Waals surface area contributed by atoms with Gasteiger partial charge in [0.2, 0.25) is 0 Å². The summed E-state index contributed by atoms with van der Waals surface area (Å²) in [6.45, 7) is 4.00. The van der Waals surface area contributed by atoms with E-state index in [0.29, 0.717) is 12.8 Å². The van der Waals surface area contributed by atoms with E-state index in [9.17, 15) is 14.7 Å². The summed E-state index contributed by atoms with van der Waals surface area (Å²) in [5, 5.41) is 9.59. The van der Waals surface area contributed by atoms with Gasteiger partial charge in [0, 0.05) is 12.8 Å². The lowest BCUT2D eigenvalue weighted by Crippen LogP contribution is -2.28. The Bertz CT molecular complexity index is 988. The molecule has 0 heterocycles. The zero-order valence-electron chi connectivity index (χ0n) is 35.2. The van der Waals surface area contributed by atoms with Crippen molar-refractivity contribution >= 4 is 11.9 Å². The van der Waals surface area contributed by atoms with Crippen LogP contribution in [0.3, 0.4) is 0 Å². The smallest absolute Gasteiger partial charge is 0.306 e. The molecular weight excluding hydrogens is 669 g/mol. The molecule has 0 amide bonds. The van der Waals surface area contributed by atoms with Gasteiger partial charge < -0.3 is 14.6 Å². The highest BCUT2D eigenvalue weighted by Gasteiger charge is 2.16. The molecule has 54 heavy (non-hydrogen) atoms. The fourth-order valence-corrected chi connectivity index (χ4v) is 6.10. The molecule has 0 aliphatic carbocycles. The number of ether oxygens (including phenoxy) is 2. The summed E-state index contributed by atoms with van der Waals surface area (Å²) in [6.07, 6.45) is 59.7. The quantitative estimate of drug-likeness (QED) is 0.0383. The number of hydrogen-bond acceptors (Lipinski definition) is 5. The fraction of sp³-hybridized carbons (Fsp3) is 0.714. The number of unbranched alkanes of at least 4 members (excludes halogenated alkanes) is 20. The van der Waals surface area contributed by atoms with Crippen LogP contribution in [0.15, 0.2) is 72.9 Å². The molecule has 5 nitrogen and oxygen atoms in total. The molecule has 0 fully saturated rings. The second-order valence-electron chi connectivity index (χ2n) is 14.7. The molecule has 0 saturated carbocycles. The Morgan fingerprint density at radius 2 is 0.796 bits per heavy atom. The largest absolute Gasteiger partial charge is 0.462 e. The Morgan fingerprint density at radius 3 is 1.20 bits per heavy atom. The molecule has 0 aromatic heterocycles. The molecule has 0 aromatic carbocycles. The van der Waals surface area contributed by atoms with E-state index in [0.717, 1.165) is 77.0 Å². The number of aliphatic hydroxyl groups excluding tert-OH is 1. The van der Waals surface area contributed by atoms with Gasteiger partial charge in [0.15, 0.2) is 6.10 Å². The van der Waals surface area contributed by atoms with E-state index in [1.165, 1.54) is 103 Å². The molecule has 1 unspecified atom stereocenters. The van der Waals surface area contributed by atoms with Crippen LogP contribution in [0.2, 0.25) is 0 Å². The van der Waals surface area contributed by atoms with Crippen molar-refractivity contribution in [3.8, 4) is 0 Å². The first-order valence-corrected chi connectivity index (χ1v) is 22.5. The minimum absolute atomic E-state index is 0.0769. The number of hydrogen-bond donors (Lipinski definition) is 1. The van der Waals surface area contributed by atoms with Gasteiger partial charge in [0.25, 0.3) is 0 Å². The van der Waals surface area contributed by atoms with Crippen LogP contribution in [0.4, 0.5) is 0 Å². The van der Waals surface area contributed by atoms with E-state index in [-0.39, 0.29) is 25.2 Å². The van der Waals surface area contributed by atoms with Crippen molar-refractivity contribution in [2.75, 3.05) is 13.2 Å². The predicted molar refractivity (Wildman–Crippen MR) is 233 cm³/mol. The molecule has 0 bridgehead atoms. The van der Waals surface area contributed by atoms with Gasteiger partial charge in [-0.1, -0.05) is 183 Å². The minimum atomic E-state index is -0.785. The van der Waals surface area contributed by atoms with Gasteiger partial charge >= 0.3 is 11.9 Å². The fourth-order valence-electron chi connectivity index (χ4n) is 6.10. The lowest BCUT2D eigenvalue weighted by atomic mass is 10.1. The maximum atomic E-state index is 12.2. The molecular formula is C49H84O5. The molecule has 0 radical (unpaired) electrons. The number of rotatable bonds is 40. The summed E-state index contributed by atoms with van der Waals surface area (Å²) in [4.78, 5) is 24.4. The van der Waals surface area contributed by atoms with Gasteiger partial charge in [-0.05, 0) is 83.5 Å². The molecule has 310 valence electrons. The van der Waals surface area contributed by atoms with Crippen molar-refractivity contribution in [3.05, 3.63) is 72.9 Å². The Kier molecular flexibility index (Phi) is 42.5. The lowest BCUT2D eigenvalue weighted by Gasteiger charge is -2.15. The molecule has 1 N–H and O–H groups in total. The van der Waals surface area contributed by atoms with E-state index < -0.39 is 6.10 Å². The summed E-state index contributed by atoms with van der Waals surface area (Å²) >= 11 is 0. The SMILES string of the molecule is CC/C=C\C/C=C\C/C=C\C/C=C\CCCCCCCCC(=O)OC(CO)COC(=O)CCCCCCCCCCC/C=C\C/C=C\CCCCCCC. The van der Waals surface area contributed by atoms with Crippen molar-refractivity contribution in [2.24, 2.45) is 0 Å². The standard InChI is InChI=1S/C49H84O5/c1-3-5-7-9-11-13-15-17-19-21-23-24-26-27-29-31-33-35-37-39-41-43-48(51)53-46-47(45-50)54-49(52)44-42-40-38-36-34-32-30-28-25-22-20-18-16-14-12-10-8-6-4-2/h6,8,12,14-15,17-18,20-21,23,25,28,47,50H,3-5,7,9-11,13,16,19,22,24,26-27,29-46H2,1-2H3/b8-6-,14-12-,17-15-,20-18-,23-21-,28-25-. The van der Waals surface area contributed by atoms with Crippen LogP contribution in [-0.2, 0) is 19.1 Å². The Morgan fingerprint density at radius 1 is 0.444 bits per heavy atom. The average Bonchev–Trinajstić information content (AvgIpc) is 3.17.